The normalized spacial score (nSPS) is 20.0. The molecule has 2 aromatic heterocycles. The zero-order valence-electron chi connectivity index (χ0n) is 16.9. The highest BCUT2D eigenvalue weighted by atomic mass is 32.2. The highest BCUT2D eigenvalue weighted by Gasteiger charge is 2.41. The van der Waals surface area contributed by atoms with E-state index in [9.17, 15) is 18.0 Å². The van der Waals surface area contributed by atoms with Gasteiger partial charge < -0.3 is 10.6 Å². The molecule has 12 heteroatoms. The minimum atomic E-state index is -3.83. The summed E-state index contributed by atoms with van der Waals surface area (Å²) in [5, 5.41) is 10.3. The number of aromatic nitrogens is 3. The number of nitrogens with one attached hydrogen (secondary N) is 2. The average molecular weight is 473 g/mol. The Labute approximate surface area is 188 Å². The molecule has 166 valence electrons. The molecule has 5 rings (SSSR count). The zero-order chi connectivity index (χ0) is 22.3. The first-order chi connectivity index (χ1) is 15.4. The van der Waals surface area contributed by atoms with Gasteiger partial charge in [-0.2, -0.15) is 9.40 Å². The second-order valence-electron chi connectivity index (χ2n) is 7.57. The fourth-order valence-corrected chi connectivity index (χ4v) is 6.50. The minimum absolute atomic E-state index is 0.0121. The smallest absolute Gasteiger partial charge is 0.251 e. The third-order valence-corrected chi connectivity index (χ3v) is 8.46. The maximum atomic E-state index is 13.1. The summed E-state index contributed by atoms with van der Waals surface area (Å²) in [4.78, 5) is 30.5. The highest BCUT2D eigenvalue weighted by molar-refractivity contribution is 7.89. The van der Waals surface area contributed by atoms with E-state index in [0.717, 1.165) is 17.7 Å². The van der Waals surface area contributed by atoms with Gasteiger partial charge in [0.15, 0.2) is 0 Å². The van der Waals surface area contributed by atoms with Crippen molar-refractivity contribution in [2.24, 2.45) is 0 Å². The van der Waals surface area contributed by atoms with Crippen LogP contribution in [0, 0.1) is 0 Å². The number of hydrogen-bond donors (Lipinski definition) is 2. The molecule has 2 aliphatic rings. The molecular weight excluding hydrogens is 452 g/mol. The quantitative estimate of drug-likeness (QED) is 0.596. The van der Waals surface area contributed by atoms with Crippen LogP contribution in [0.15, 0.2) is 47.8 Å². The molecule has 2 N–H and O–H groups in total. The van der Waals surface area contributed by atoms with Crippen LogP contribution in [0.3, 0.4) is 0 Å². The number of sulfonamides is 1. The van der Waals surface area contributed by atoms with Crippen LogP contribution in [0.4, 0.5) is 5.69 Å². The van der Waals surface area contributed by atoms with Gasteiger partial charge in [-0.3, -0.25) is 9.59 Å². The van der Waals surface area contributed by atoms with Crippen molar-refractivity contribution in [2.75, 3.05) is 11.9 Å². The number of fused-ring (bicyclic) bond motifs is 2. The molecule has 0 spiro atoms. The van der Waals surface area contributed by atoms with Crippen LogP contribution in [-0.2, 0) is 21.4 Å². The van der Waals surface area contributed by atoms with Gasteiger partial charge in [0.2, 0.25) is 21.1 Å². The number of nitrogens with zero attached hydrogens (tertiary/aromatic N) is 4. The predicted molar refractivity (Wildman–Crippen MR) is 117 cm³/mol. The number of carbonyl (C=O) groups excluding carboxylic acids is 2. The summed E-state index contributed by atoms with van der Waals surface area (Å²) >= 11 is 1.40. The monoisotopic (exact) mass is 472 g/mol. The summed E-state index contributed by atoms with van der Waals surface area (Å²) in [5.41, 5.74) is 0.395. The van der Waals surface area contributed by atoms with E-state index in [2.05, 4.69) is 20.7 Å². The van der Waals surface area contributed by atoms with Gasteiger partial charge in [-0.05, 0) is 37.1 Å². The molecule has 10 nitrogen and oxygen atoms in total. The number of carbonyl (C=O) groups is 2. The number of anilines is 1. The molecular formula is C20H20N6O4S2. The fourth-order valence-electron chi connectivity index (χ4n) is 3.93. The van der Waals surface area contributed by atoms with E-state index in [1.165, 1.54) is 33.8 Å². The van der Waals surface area contributed by atoms with Gasteiger partial charge in [0.1, 0.15) is 10.9 Å². The van der Waals surface area contributed by atoms with Crippen LogP contribution in [0.25, 0.3) is 5.13 Å². The average Bonchev–Trinajstić information content (AvgIpc) is 3.47. The number of thiazole rings is 1. The summed E-state index contributed by atoms with van der Waals surface area (Å²) in [6.45, 7) is 0.576. The summed E-state index contributed by atoms with van der Waals surface area (Å²) in [7, 11) is -3.83. The Morgan fingerprint density at radius 3 is 3.00 bits per heavy atom. The first kappa shape index (κ1) is 20.8. The molecule has 1 atom stereocenters. The lowest BCUT2D eigenvalue weighted by molar-refractivity contribution is -0.120. The number of hydrogen-bond acceptors (Lipinski definition) is 7. The molecule has 32 heavy (non-hydrogen) atoms. The Hall–Kier alpha value is -3.09. The van der Waals surface area contributed by atoms with Gasteiger partial charge in [-0.15, -0.1) is 0 Å². The van der Waals surface area contributed by atoms with Crippen LogP contribution in [0.1, 0.15) is 34.5 Å². The van der Waals surface area contributed by atoms with E-state index in [4.69, 9.17) is 0 Å². The Balaban J connectivity index is 1.35. The summed E-state index contributed by atoms with van der Waals surface area (Å²) < 4.78 is 29.1. The van der Waals surface area contributed by atoms with Crippen molar-refractivity contribution in [3.63, 3.8) is 0 Å². The van der Waals surface area contributed by atoms with E-state index < -0.39 is 16.1 Å². The first-order valence-electron chi connectivity index (χ1n) is 10.1. The van der Waals surface area contributed by atoms with Gasteiger partial charge in [-0.25, -0.2) is 18.1 Å². The van der Waals surface area contributed by atoms with E-state index in [0.29, 0.717) is 18.1 Å². The van der Waals surface area contributed by atoms with Crippen LogP contribution in [0.2, 0.25) is 0 Å². The molecule has 2 amide bonds. The van der Waals surface area contributed by atoms with Crippen LogP contribution in [0.5, 0.6) is 0 Å². The molecule has 1 saturated heterocycles. The van der Waals surface area contributed by atoms with Gasteiger partial charge in [-0.1, -0.05) is 17.8 Å². The first-order valence-corrected chi connectivity index (χ1v) is 12.4. The van der Waals surface area contributed by atoms with Crippen LogP contribution >= 0.6 is 11.3 Å². The Bertz CT molecular complexity index is 1290. The van der Waals surface area contributed by atoms with E-state index >= 15 is 0 Å². The van der Waals surface area contributed by atoms with Gasteiger partial charge >= 0.3 is 0 Å². The van der Waals surface area contributed by atoms with Crippen LogP contribution in [-0.4, -0.2) is 51.9 Å². The predicted octanol–water partition coefficient (Wildman–Crippen LogP) is 1.75. The molecule has 0 unspecified atom stereocenters. The van der Waals surface area contributed by atoms with E-state index in [1.54, 1.807) is 29.3 Å². The molecule has 0 saturated carbocycles. The molecule has 1 aromatic carbocycles. The van der Waals surface area contributed by atoms with Gasteiger partial charge in [0.25, 0.3) is 5.91 Å². The Morgan fingerprint density at radius 1 is 1.31 bits per heavy atom. The van der Waals surface area contributed by atoms with Crippen molar-refractivity contribution >= 4 is 38.9 Å². The number of benzene rings is 1. The third kappa shape index (κ3) is 3.70. The van der Waals surface area contributed by atoms with Crippen molar-refractivity contribution in [3.05, 3.63) is 53.3 Å². The largest absolute Gasteiger partial charge is 0.347 e. The van der Waals surface area contributed by atoms with Crippen LogP contribution < -0.4 is 10.6 Å². The number of amides is 2. The minimum Gasteiger partial charge on any atom is -0.347 e. The summed E-state index contributed by atoms with van der Waals surface area (Å²) in [6.07, 6.45) is 7.12. The van der Waals surface area contributed by atoms with Crippen molar-refractivity contribution in [3.8, 4) is 5.13 Å². The van der Waals surface area contributed by atoms with E-state index in [1.807, 2.05) is 0 Å². The molecule has 3 aromatic rings. The zero-order valence-corrected chi connectivity index (χ0v) is 18.5. The lowest BCUT2D eigenvalue weighted by Crippen LogP contribution is -2.47. The van der Waals surface area contributed by atoms with E-state index in [-0.39, 0.29) is 34.5 Å². The highest BCUT2D eigenvalue weighted by Crippen LogP contribution is 2.34. The van der Waals surface area contributed by atoms with Crippen molar-refractivity contribution in [2.45, 2.75) is 36.7 Å². The molecule has 0 radical (unpaired) electrons. The summed E-state index contributed by atoms with van der Waals surface area (Å²) in [5.74, 6) is -0.740. The molecule has 0 aliphatic carbocycles. The topological polar surface area (TPSA) is 126 Å². The lowest BCUT2D eigenvalue weighted by Gasteiger charge is -2.31. The van der Waals surface area contributed by atoms with Crippen molar-refractivity contribution < 1.29 is 18.0 Å². The maximum Gasteiger partial charge on any atom is 0.251 e. The van der Waals surface area contributed by atoms with Crippen molar-refractivity contribution in [1.82, 2.24) is 24.4 Å². The van der Waals surface area contributed by atoms with Gasteiger partial charge in [0, 0.05) is 35.6 Å². The maximum absolute atomic E-state index is 13.1. The second kappa shape index (κ2) is 8.11. The lowest BCUT2D eigenvalue weighted by atomic mass is 10.0. The number of rotatable bonds is 4. The Kier molecular flexibility index (Phi) is 5.27. The second-order valence-corrected chi connectivity index (χ2v) is 10.5. The molecule has 2 aliphatic heterocycles. The van der Waals surface area contributed by atoms with Gasteiger partial charge in [0.05, 0.1) is 12.2 Å². The SMILES string of the molecule is O=C(NCc1cnc(-n2cccn2)s1)c1ccc2c(c1)NC(=O)[C@H]1CCCCN1S2(=O)=O. The molecule has 1 fully saturated rings. The summed E-state index contributed by atoms with van der Waals surface area (Å²) in [6, 6.07) is 5.35. The van der Waals surface area contributed by atoms with Crippen molar-refractivity contribution in [1.29, 1.82) is 0 Å². The fraction of sp³-hybridized carbons (Fsp3) is 0.300. The third-order valence-electron chi connectivity index (χ3n) is 5.51. The standard InChI is InChI=1S/C20H20N6O4S2/c27-18(21-11-14-12-22-20(31-14)25-8-3-7-23-25)13-5-6-17-15(10-13)24-19(28)16-4-1-2-9-26(16)32(17,29)30/h3,5-8,10,12,16H,1-2,4,9,11H2,(H,21,27)(H,24,28)/t16-/m1/s1. The Morgan fingerprint density at radius 2 is 2.19 bits per heavy atom. The molecule has 0 bridgehead atoms. The number of piperidine rings is 1. The molecule has 4 heterocycles.